The molecule has 1 amide bonds. The van der Waals surface area contributed by atoms with E-state index >= 15 is 0 Å². The van der Waals surface area contributed by atoms with E-state index in [0.717, 1.165) is 44.9 Å². The van der Waals surface area contributed by atoms with Crippen molar-refractivity contribution in [3.8, 4) is 0 Å². The average molecular weight is 673 g/mol. The maximum absolute atomic E-state index is 12.6. The van der Waals surface area contributed by atoms with Gasteiger partial charge in [-0.2, -0.15) is 0 Å². The standard InChI is InChI=1S/C37H73N2O6P/c1-6-8-10-11-12-13-14-15-16-17-18-19-20-21-22-23-24-25-26-27-29-31-37(41)38-35(36(40)30-28-9-7-2)34-45-46(42,43)44-33-32-39(3,4)5/h14-15,17-18,35-36,40H,6-13,16,19-34H2,1-5H3,(H-,38,41,42,43)/b15-14-,18-17-. The smallest absolute Gasteiger partial charge is 0.268 e. The lowest BCUT2D eigenvalue weighted by Crippen LogP contribution is -2.46. The van der Waals surface area contributed by atoms with Crippen molar-refractivity contribution in [2.45, 2.75) is 167 Å². The minimum Gasteiger partial charge on any atom is -0.756 e. The number of nitrogens with zero attached hydrogens (tertiary/aromatic N) is 1. The molecule has 3 atom stereocenters. The number of hydrogen-bond donors (Lipinski definition) is 2. The van der Waals surface area contributed by atoms with Crippen LogP contribution in [-0.4, -0.2) is 68.5 Å². The Labute approximate surface area is 284 Å². The van der Waals surface area contributed by atoms with Gasteiger partial charge in [-0.05, 0) is 44.9 Å². The Morgan fingerprint density at radius 2 is 1.26 bits per heavy atom. The highest BCUT2D eigenvalue weighted by atomic mass is 31.2. The van der Waals surface area contributed by atoms with Crippen LogP contribution in [0, 0.1) is 0 Å². The van der Waals surface area contributed by atoms with Crippen LogP contribution in [0.1, 0.15) is 155 Å². The van der Waals surface area contributed by atoms with Crippen molar-refractivity contribution in [3.63, 3.8) is 0 Å². The number of amides is 1. The first-order chi connectivity index (χ1) is 22.0. The summed E-state index contributed by atoms with van der Waals surface area (Å²) in [5.41, 5.74) is 0. The first-order valence-corrected chi connectivity index (χ1v) is 20.1. The first-order valence-electron chi connectivity index (χ1n) is 18.7. The second-order valence-corrected chi connectivity index (χ2v) is 15.3. The van der Waals surface area contributed by atoms with E-state index in [9.17, 15) is 19.4 Å². The molecule has 0 radical (unpaired) electrons. The number of quaternary nitrogens is 1. The zero-order valence-electron chi connectivity index (χ0n) is 30.5. The van der Waals surface area contributed by atoms with Crippen LogP contribution in [-0.2, 0) is 18.4 Å². The largest absolute Gasteiger partial charge is 0.756 e. The Morgan fingerprint density at radius 1 is 0.761 bits per heavy atom. The highest BCUT2D eigenvalue weighted by Gasteiger charge is 2.24. The van der Waals surface area contributed by atoms with E-state index in [0.29, 0.717) is 23.9 Å². The molecule has 0 aromatic carbocycles. The number of aliphatic hydroxyl groups excluding tert-OH is 1. The molecule has 8 nitrogen and oxygen atoms in total. The molecule has 0 saturated heterocycles. The summed E-state index contributed by atoms with van der Waals surface area (Å²) in [5, 5.41) is 13.5. The van der Waals surface area contributed by atoms with Crippen LogP contribution in [0.3, 0.4) is 0 Å². The van der Waals surface area contributed by atoms with Gasteiger partial charge in [0.1, 0.15) is 13.2 Å². The van der Waals surface area contributed by atoms with Gasteiger partial charge in [0.05, 0.1) is 39.9 Å². The van der Waals surface area contributed by atoms with E-state index in [1.807, 2.05) is 21.1 Å². The number of allylic oxidation sites excluding steroid dienone is 4. The molecule has 0 aliphatic carbocycles. The van der Waals surface area contributed by atoms with Crippen molar-refractivity contribution in [2.75, 3.05) is 40.9 Å². The third-order valence-corrected chi connectivity index (χ3v) is 9.16. The zero-order valence-corrected chi connectivity index (χ0v) is 31.4. The molecule has 0 rings (SSSR count). The van der Waals surface area contributed by atoms with Crippen LogP contribution >= 0.6 is 7.82 Å². The van der Waals surface area contributed by atoms with Gasteiger partial charge in [-0.25, -0.2) is 0 Å². The highest BCUT2D eigenvalue weighted by Crippen LogP contribution is 2.38. The summed E-state index contributed by atoms with van der Waals surface area (Å²) in [4.78, 5) is 24.9. The van der Waals surface area contributed by atoms with E-state index in [-0.39, 0.29) is 19.1 Å². The molecule has 0 spiro atoms. The molecule has 0 fully saturated rings. The number of unbranched alkanes of at least 4 members (excludes halogenated alkanes) is 16. The fourth-order valence-corrected chi connectivity index (χ4v) is 5.85. The normalized spacial score (nSPS) is 15.0. The van der Waals surface area contributed by atoms with E-state index < -0.39 is 20.0 Å². The molecule has 0 heterocycles. The van der Waals surface area contributed by atoms with Gasteiger partial charge in [0.25, 0.3) is 7.82 Å². The van der Waals surface area contributed by atoms with E-state index in [4.69, 9.17) is 9.05 Å². The van der Waals surface area contributed by atoms with Crippen LogP contribution in [0.5, 0.6) is 0 Å². The number of aliphatic hydroxyl groups is 1. The number of likely N-dealkylation sites (N-methyl/N-ethyl adjacent to an activating group) is 1. The number of phosphoric ester groups is 1. The summed E-state index contributed by atoms with van der Waals surface area (Å²) < 4.78 is 22.9. The van der Waals surface area contributed by atoms with E-state index in [1.165, 1.54) is 83.5 Å². The molecule has 9 heteroatoms. The molecule has 2 N–H and O–H groups in total. The van der Waals surface area contributed by atoms with Gasteiger partial charge in [-0.3, -0.25) is 9.36 Å². The Balaban J connectivity index is 4.04. The number of carbonyl (C=O) groups excluding carboxylic acids is 1. The molecular weight excluding hydrogens is 599 g/mol. The Bertz CT molecular complexity index is 814. The fraction of sp³-hybridized carbons (Fsp3) is 0.865. The first kappa shape index (κ1) is 45.0. The van der Waals surface area contributed by atoms with Gasteiger partial charge in [0.2, 0.25) is 5.91 Å². The SMILES string of the molecule is CCCCCCC/C=C\C/C=C\CCCCCCCCCCCC(=O)NC(COP(=O)([O-])OCC[N+](C)(C)C)C(O)CCCCC. The second-order valence-electron chi connectivity index (χ2n) is 13.9. The molecule has 0 aromatic rings. The zero-order chi connectivity index (χ0) is 34.4. The van der Waals surface area contributed by atoms with Crippen molar-refractivity contribution in [1.82, 2.24) is 5.32 Å². The van der Waals surface area contributed by atoms with Gasteiger partial charge < -0.3 is 28.8 Å². The summed E-state index contributed by atoms with van der Waals surface area (Å²) in [6, 6.07) is -0.795. The Kier molecular flexibility index (Phi) is 29.4. The Hall–Kier alpha value is -1.02. The second kappa shape index (κ2) is 30.1. The lowest BCUT2D eigenvalue weighted by Gasteiger charge is -2.30. The molecule has 272 valence electrons. The number of hydrogen-bond acceptors (Lipinski definition) is 6. The number of carbonyl (C=O) groups is 1. The molecule has 0 aromatic heterocycles. The molecular formula is C37H73N2O6P. The highest BCUT2D eigenvalue weighted by molar-refractivity contribution is 7.45. The minimum atomic E-state index is -4.53. The average Bonchev–Trinajstić information content (AvgIpc) is 2.99. The quantitative estimate of drug-likeness (QED) is 0.0312. The topological polar surface area (TPSA) is 108 Å². The van der Waals surface area contributed by atoms with Gasteiger partial charge in [-0.1, -0.05) is 128 Å². The van der Waals surface area contributed by atoms with E-state index in [1.54, 1.807) is 0 Å². The summed E-state index contributed by atoms with van der Waals surface area (Å²) in [5.74, 6) is -0.183. The van der Waals surface area contributed by atoms with Crippen molar-refractivity contribution in [3.05, 3.63) is 24.3 Å². The summed E-state index contributed by atoms with van der Waals surface area (Å²) in [6.45, 7) is 4.51. The van der Waals surface area contributed by atoms with Crippen LogP contribution < -0.4 is 10.2 Å². The van der Waals surface area contributed by atoms with Crippen LogP contribution in [0.25, 0.3) is 0 Å². The number of phosphoric acid groups is 1. The lowest BCUT2D eigenvalue weighted by molar-refractivity contribution is -0.870. The van der Waals surface area contributed by atoms with E-state index in [2.05, 4.69) is 43.5 Å². The van der Waals surface area contributed by atoms with Crippen LogP contribution in [0.4, 0.5) is 0 Å². The monoisotopic (exact) mass is 673 g/mol. The third kappa shape index (κ3) is 31.6. The van der Waals surface area contributed by atoms with Crippen LogP contribution in [0.15, 0.2) is 24.3 Å². The van der Waals surface area contributed by atoms with Crippen LogP contribution in [0.2, 0.25) is 0 Å². The van der Waals surface area contributed by atoms with Crippen molar-refractivity contribution < 1.29 is 32.9 Å². The maximum Gasteiger partial charge on any atom is 0.268 e. The molecule has 0 saturated carbocycles. The van der Waals surface area contributed by atoms with Crippen molar-refractivity contribution >= 4 is 13.7 Å². The summed E-state index contributed by atoms with van der Waals surface area (Å²) in [7, 11) is 1.29. The minimum absolute atomic E-state index is 0.00953. The number of nitrogens with one attached hydrogen (secondary N) is 1. The lowest BCUT2D eigenvalue weighted by atomic mass is 10.0. The van der Waals surface area contributed by atoms with Gasteiger partial charge >= 0.3 is 0 Å². The molecule has 0 aliphatic heterocycles. The van der Waals surface area contributed by atoms with Gasteiger partial charge in [0, 0.05) is 6.42 Å². The molecule has 0 aliphatic rings. The molecule has 3 unspecified atom stereocenters. The molecule has 0 bridgehead atoms. The fourth-order valence-electron chi connectivity index (χ4n) is 5.13. The number of rotatable bonds is 33. The summed E-state index contributed by atoms with van der Waals surface area (Å²) >= 11 is 0. The predicted molar refractivity (Wildman–Crippen MR) is 192 cm³/mol. The maximum atomic E-state index is 12.6. The van der Waals surface area contributed by atoms with Crippen molar-refractivity contribution in [2.24, 2.45) is 0 Å². The molecule has 46 heavy (non-hydrogen) atoms. The van der Waals surface area contributed by atoms with Crippen molar-refractivity contribution in [1.29, 1.82) is 0 Å². The predicted octanol–water partition coefficient (Wildman–Crippen LogP) is 8.77. The summed E-state index contributed by atoms with van der Waals surface area (Å²) in [6.07, 6.45) is 32.6. The third-order valence-electron chi connectivity index (χ3n) is 8.19. The van der Waals surface area contributed by atoms with Gasteiger partial charge in [0.15, 0.2) is 0 Å². The Morgan fingerprint density at radius 3 is 1.80 bits per heavy atom. The van der Waals surface area contributed by atoms with Gasteiger partial charge in [-0.15, -0.1) is 0 Å².